The van der Waals surface area contributed by atoms with E-state index in [2.05, 4.69) is 4.98 Å². The maximum Gasteiger partial charge on any atom is 0.410 e. The van der Waals surface area contributed by atoms with E-state index in [1.54, 1.807) is 22.8 Å². The highest BCUT2D eigenvalue weighted by molar-refractivity contribution is 7.22. The van der Waals surface area contributed by atoms with Crippen molar-refractivity contribution in [1.29, 1.82) is 0 Å². The molecular weight excluding hydrogens is 596 g/mol. The van der Waals surface area contributed by atoms with Crippen molar-refractivity contribution in [2.75, 3.05) is 20.2 Å². The standard InChI is InChI=1S/C33H42N4O7S/c1-20-25-28(38)37(32(2,3)4)30(39)36(29(25)45-26(20)27-34-15-18-42-27)19-24(22-11-9-10-12-23(22)41-8)43-21-13-16-35(17-14-21)31(40)44-33(5,6)7/h9-12,15,18,21,24H,13-14,16-17,19H2,1-8H3. The molecule has 1 unspecified atom stereocenters. The molecule has 0 saturated carbocycles. The number of thiophene rings is 1. The van der Waals surface area contributed by atoms with Crippen LogP contribution >= 0.6 is 11.3 Å². The lowest BCUT2D eigenvalue weighted by Crippen LogP contribution is -2.48. The Kier molecular flexibility index (Phi) is 9.01. The number of carbonyl (C=O) groups is 1. The number of aryl methyl sites for hydroxylation is 1. The normalized spacial score (nSPS) is 15.4. The topological polar surface area (TPSA) is 118 Å². The number of rotatable bonds is 7. The second-order valence-corrected chi connectivity index (χ2v) is 14.3. The highest BCUT2D eigenvalue weighted by Crippen LogP contribution is 2.38. The molecule has 242 valence electrons. The Bertz CT molecular complexity index is 1780. The van der Waals surface area contributed by atoms with E-state index >= 15 is 0 Å². The Balaban J connectivity index is 1.57. The maximum atomic E-state index is 14.3. The first kappa shape index (κ1) is 32.5. The van der Waals surface area contributed by atoms with Gasteiger partial charge in [-0.1, -0.05) is 18.2 Å². The molecule has 0 bridgehead atoms. The largest absolute Gasteiger partial charge is 0.496 e. The van der Waals surface area contributed by atoms with Crippen LogP contribution in [0.2, 0.25) is 0 Å². The number of oxazole rings is 1. The van der Waals surface area contributed by atoms with Crippen LogP contribution in [0, 0.1) is 6.92 Å². The smallest absolute Gasteiger partial charge is 0.410 e. The van der Waals surface area contributed by atoms with Gasteiger partial charge in [0.1, 0.15) is 28.5 Å². The van der Waals surface area contributed by atoms with Crippen molar-refractivity contribution in [2.45, 2.75) is 91.2 Å². The van der Waals surface area contributed by atoms with Crippen LogP contribution in [-0.2, 0) is 21.6 Å². The van der Waals surface area contributed by atoms with Gasteiger partial charge in [0.15, 0.2) is 0 Å². The van der Waals surface area contributed by atoms with Gasteiger partial charge in [0, 0.05) is 24.2 Å². The Hall–Kier alpha value is -3.90. The molecule has 0 N–H and O–H groups in total. The molecule has 4 aromatic rings. The second kappa shape index (κ2) is 12.5. The van der Waals surface area contributed by atoms with Crippen molar-refractivity contribution in [3.05, 3.63) is 68.7 Å². The number of piperidine rings is 1. The fourth-order valence-electron chi connectivity index (χ4n) is 5.68. The summed E-state index contributed by atoms with van der Waals surface area (Å²) in [7, 11) is 1.60. The van der Waals surface area contributed by atoms with Crippen LogP contribution in [-0.4, -0.2) is 57.0 Å². The summed E-state index contributed by atoms with van der Waals surface area (Å²) in [6, 6.07) is 7.58. The minimum absolute atomic E-state index is 0.128. The van der Waals surface area contributed by atoms with E-state index in [-0.39, 0.29) is 24.3 Å². The molecule has 0 spiro atoms. The van der Waals surface area contributed by atoms with Crippen molar-refractivity contribution < 1.29 is 23.4 Å². The van der Waals surface area contributed by atoms with Gasteiger partial charge in [0.2, 0.25) is 5.89 Å². The zero-order chi connectivity index (χ0) is 32.7. The summed E-state index contributed by atoms with van der Waals surface area (Å²) in [5.41, 5.74) is -0.647. The van der Waals surface area contributed by atoms with E-state index in [1.165, 1.54) is 22.2 Å². The lowest BCUT2D eigenvalue weighted by atomic mass is 10.0. The second-order valence-electron chi connectivity index (χ2n) is 13.3. The number of aromatic nitrogens is 3. The van der Waals surface area contributed by atoms with Crippen molar-refractivity contribution in [3.8, 4) is 16.5 Å². The monoisotopic (exact) mass is 638 g/mol. The van der Waals surface area contributed by atoms with E-state index in [0.717, 1.165) is 5.56 Å². The van der Waals surface area contributed by atoms with E-state index in [0.29, 0.717) is 58.2 Å². The number of nitrogens with zero attached hydrogens (tertiary/aromatic N) is 4. The number of hydrogen-bond donors (Lipinski definition) is 0. The molecule has 1 aliphatic rings. The van der Waals surface area contributed by atoms with Gasteiger partial charge in [-0.25, -0.2) is 14.6 Å². The average molecular weight is 639 g/mol. The molecule has 11 nitrogen and oxygen atoms in total. The summed E-state index contributed by atoms with van der Waals surface area (Å²) in [4.78, 5) is 48.1. The Morgan fingerprint density at radius 3 is 2.40 bits per heavy atom. The molecule has 1 saturated heterocycles. The van der Waals surface area contributed by atoms with Gasteiger partial charge in [0.25, 0.3) is 5.56 Å². The molecule has 1 atom stereocenters. The number of hydrogen-bond acceptors (Lipinski definition) is 9. The average Bonchev–Trinajstić information content (AvgIpc) is 3.61. The van der Waals surface area contributed by atoms with Crippen LogP contribution in [0.25, 0.3) is 21.0 Å². The third-order valence-electron chi connectivity index (χ3n) is 7.79. The van der Waals surface area contributed by atoms with E-state index < -0.39 is 22.9 Å². The van der Waals surface area contributed by atoms with E-state index in [1.807, 2.05) is 72.7 Å². The molecule has 12 heteroatoms. The Morgan fingerprint density at radius 2 is 1.80 bits per heavy atom. The Labute approximate surface area is 266 Å². The number of fused-ring (bicyclic) bond motifs is 1. The van der Waals surface area contributed by atoms with Crippen molar-refractivity contribution in [2.24, 2.45) is 0 Å². The number of carbonyl (C=O) groups excluding carboxylic acids is 1. The quantitative estimate of drug-likeness (QED) is 0.238. The fraction of sp³-hybridized carbons (Fsp3) is 0.515. The molecule has 1 aliphatic heterocycles. The Morgan fingerprint density at radius 1 is 1.11 bits per heavy atom. The van der Waals surface area contributed by atoms with Gasteiger partial charge in [-0.15, -0.1) is 11.3 Å². The zero-order valence-corrected chi connectivity index (χ0v) is 28.0. The zero-order valence-electron chi connectivity index (χ0n) is 27.2. The van der Waals surface area contributed by atoms with Crippen LogP contribution in [0.5, 0.6) is 5.75 Å². The predicted molar refractivity (Wildman–Crippen MR) is 173 cm³/mol. The molecule has 1 aromatic carbocycles. The maximum absolute atomic E-state index is 14.3. The molecule has 1 amide bonds. The van der Waals surface area contributed by atoms with Gasteiger partial charge in [-0.3, -0.25) is 13.9 Å². The van der Waals surface area contributed by atoms with Crippen LogP contribution < -0.4 is 16.0 Å². The molecule has 4 heterocycles. The number of benzene rings is 1. The van der Waals surface area contributed by atoms with Crippen LogP contribution in [0.4, 0.5) is 4.79 Å². The summed E-state index contributed by atoms with van der Waals surface area (Å²) >= 11 is 1.31. The summed E-state index contributed by atoms with van der Waals surface area (Å²) < 4.78 is 26.6. The summed E-state index contributed by atoms with van der Waals surface area (Å²) in [5, 5.41) is 0.451. The highest BCUT2D eigenvalue weighted by Gasteiger charge is 2.32. The number of ether oxygens (including phenoxy) is 3. The third-order valence-corrected chi connectivity index (χ3v) is 9.10. The molecule has 0 radical (unpaired) electrons. The molecule has 5 rings (SSSR count). The summed E-state index contributed by atoms with van der Waals surface area (Å²) in [5.74, 6) is 1.02. The minimum atomic E-state index is -0.781. The summed E-state index contributed by atoms with van der Waals surface area (Å²) in [6.45, 7) is 14.0. The first-order valence-corrected chi connectivity index (χ1v) is 16.0. The lowest BCUT2D eigenvalue weighted by molar-refractivity contribution is -0.0543. The van der Waals surface area contributed by atoms with Crippen molar-refractivity contribution in [3.63, 3.8) is 0 Å². The van der Waals surface area contributed by atoms with Crippen molar-refractivity contribution in [1.82, 2.24) is 19.0 Å². The molecular formula is C33H42N4O7S. The van der Waals surface area contributed by atoms with Gasteiger partial charge in [0.05, 0.1) is 36.2 Å². The SMILES string of the molecule is COc1ccccc1C(Cn1c(=O)n(C(C)(C)C)c(=O)c2c(C)c(-c3ncco3)sc21)OC1CCN(C(=O)OC(C)(C)C)CC1. The lowest BCUT2D eigenvalue weighted by Gasteiger charge is -2.35. The first-order valence-electron chi connectivity index (χ1n) is 15.1. The molecule has 45 heavy (non-hydrogen) atoms. The molecule has 0 aliphatic carbocycles. The molecule has 1 fully saturated rings. The number of methoxy groups -OCH3 is 1. The first-order chi connectivity index (χ1) is 21.2. The van der Waals surface area contributed by atoms with Gasteiger partial charge in [-0.05, 0) is 72.9 Å². The van der Waals surface area contributed by atoms with Gasteiger partial charge < -0.3 is 23.5 Å². The molecule has 3 aromatic heterocycles. The van der Waals surface area contributed by atoms with E-state index in [4.69, 9.17) is 18.6 Å². The van der Waals surface area contributed by atoms with Crippen LogP contribution in [0.3, 0.4) is 0 Å². The van der Waals surface area contributed by atoms with Gasteiger partial charge in [-0.2, -0.15) is 0 Å². The van der Waals surface area contributed by atoms with Crippen LogP contribution in [0.15, 0.2) is 50.7 Å². The van der Waals surface area contributed by atoms with Crippen LogP contribution in [0.1, 0.15) is 71.6 Å². The predicted octanol–water partition coefficient (Wildman–Crippen LogP) is 6.11. The number of para-hydroxylation sites is 1. The number of likely N-dealkylation sites (tertiary alicyclic amines) is 1. The fourth-order valence-corrected chi connectivity index (χ4v) is 6.93. The number of amides is 1. The third kappa shape index (κ3) is 6.72. The van der Waals surface area contributed by atoms with Crippen molar-refractivity contribution >= 4 is 27.6 Å². The van der Waals surface area contributed by atoms with E-state index in [9.17, 15) is 14.4 Å². The minimum Gasteiger partial charge on any atom is -0.496 e. The highest BCUT2D eigenvalue weighted by atomic mass is 32.1. The summed E-state index contributed by atoms with van der Waals surface area (Å²) in [6.07, 6.45) is 3.12. The van der Waals surface area contributed by atoms with Gasteiger partial charge >= 0.3 is 11.8 Å².